The van der Waals surface area contributed by atoms with Crippen molar-refractivity contribution in [2.45, 2.75) is 31.6 Å². The molecule has 120 valence electrons. The van der Waals surface area contributed by atoms with Gasteiger partial charge in [-0.25, -0.2) is 4.39 Å². The number of likely N-dealkylation sites (N-methyl/N-ethyl adjacent to an activating group) is 1. The molecule has 0 saturated carbocycles. The maximum Gasteiger partial charge on any atom is 0.303 e. The maximum atomic E-state index is 13.1. The molecule has 0 aliphatic carbocycles. The number of aliphatic carboxylic acids is 1. The molecule has 1 aliphatic heterocycles. The Kier molecular flexibility index (Phi) is 6.13. The Morgan fingerprint density at radius 1 is 1.32 bits per heavy atom. The Morgan fingerprint density at radius 3 is 2.73 bits per heavy atom. The van der Waals surface area contributed by atoms with Crippen LogP contribution in [0.5, 0.6) is 0 Å². The van der Waals surface area contributed by atoms with Gasteiger partial charge in [0.1, 0.15) is 5.82 Å². The van der Waals surface area contributed by atoms with Crippen molar-refractivity contribution in [1.29, 1.82) is 0 Å². The summed E-state index contributed by atoms with van der Waals surface area (Å²) in [5.41, 5.74) is 1.20. The monoisotopic (exact) mass is 305 g/mol. The number of nitrogens with zero attached hydrogens (tertiary/aromatic N) is 1. The highest BCUT2D eigenvalue weighted by molar-refractivity contribution is 5.66. The third-order valence-electron chi connectivity index (χ3n) is 4.29. The van der Waals surface area contributed by atoms with Crippen molar-refractivity contribution in [3.05, 3.63) is 47.8 Å². The summed E-state index contributed by atoms with van der Waals surface area (Å²) in [5.74, 6) is 0.0487. The number of hydrogen-bond donors (Lipinski definition) is 1. The summed E-state index contributed by atoms with van der Waals surface area (Å²) < 4.78 is 13.1. The fourth-order valence-electron chi connectivity index (χ4n) is 3.17. The van der Waals surface area contributed by atoms with Crippen LogP contribution in [0.25, 0.3) is 0 Å². The van der Waals surface area contributed by atoms with Gasteiger partial charge in [-0.3, -0.25) is 4.79 Å². The standard InChI is InChI=1S/C18H24FNO2/c1-20-12-15(6-4-2-3-5-7-18(21)22)17(13-20)14-8-10-16(19)11-9-14/h2,4,8-11,15,17H,3,5-7,12-13H2,1H3,(H,21,22)/b4-2-/t15-,17+/m0/s1. The first-order valence-electron chi connectivity index (χ1n) is 7.87. The van der Waals surface area contributed by atoms with E-state index in [0.717, 1.165) is 25.9 Å². The smallest absolute Gasteiger partial charge is 0.303 e. The summed E-state index contributed by atoms with van der Waals surface area (Å²) >= 11 is 0. The zero-order valence-electron chi connectivity index (χ0n) is 13.0. The van der Waals surface area contributed by atoms with Gasteiger partial charge < -0.3 is 10.0 Å². The Balaban J connectivity index is 1.87. The molecule has 1 fully saturated rings. The van der Waals surface area contributed by atoms with E-state index in [1.807, 2.05) is 12.1 Å². The summed E-state index contributed by atoms with van der Waals surface area (Å²) in [5, 5.41) is 8.60. The molecule has 22 heavy (non-hydrogen) atoms. The summed E-state index contributed by atoms with van der Waals surface area (Å²) in [6, 6.07) is 6.85. The van der Waals surface area contributed by atoms with Crippen molar-refractivity contribution in [2.75, 3.05) is 20.1 Å². The van der Waals surface area contributed by atoms with Crippen molar-refractivity contribution in [3.63, 3.8) is 0 Å². The molecule has 0 amide bonds. The Bertz CT molecular complexity index is 512. The van der Waals surface area contributed by atoms with Crippen LogP contribution in [0.15, 0.2) is 36.4 Å². The first kappa shape index (κ1) is 16.7. The fourth-order valence-corrected chi connectivity index (χ4v) is 3.17. The van der Waals surface area contributed by atoms with Crippen molar-refractivity contribution in [2.24, 2.45) is 5.92 Å². The van der Waals surface area contributed by atoms with Crippen molar-refractivity contribution in [1.82, 2.24) is 4.90 Å². The highest BCUT2D eigenvalue weighted by Crippen LogP contribution is 2.34. The number of carbonyl (C=O) groups is 1. The van der Waals surface area contributed by atoms with Gasteiger partial charge in [0.2, 0.25) is 0 Å². The molecule has 0 spiro atoms. The number of allylic oxidation sites excluding steroid dienone is 2. The Labute approximate surface area is 131 Å². The van der Waals surface area contributed by atoms with Crippen LogP contribution < -0.4 is 0 Å². The van der Waals surface area contributed by atoms with E-state index in [0.29, 0.717) is 18.3 Å². The van der Waals surface area contributed by atoms with Gasteiger partial charge in [0.25, 0.3) is 0 Å². The second kappa shape index (κ2) is 8.08. The number of carboxylic acids is 1. The summed E-state index contributed by atoms with van der Waals surface area (Å²) in [4.78, 5) is 12.8. The number of carboxylic acid groups (broad SMARTS) is 1. The van der Waals surface area contributed by atoms with Crippen molar-refractivity contribution in [3.8, 4) is 0 Å². The molecular weight excluding hydrogens is 281 g/mol. The molecule has 1 heterocycles. The lowest BCUT2D eigenvalue weighted by Gasteiger charge is -2.17. The Hall–Kier alpha value is -1.68. The van der Waals surface area contributed by atoms with Crippen LogP contribution in [0.2, 0.25) is 0 Å². The average molecular weight is 305 g/mol. The van der Waals surface area contributed by atoms with Crippen LogP contribution >= 0.6 is 0 Å². The second-order valence-corrected chi connectivity index (χ2v) is 6.13. The van der Waals surface area contributed by atoms with Crippen LogP contribution in [0.1, 0.15) is 37.2 Å². The highest BCUT2D eigenvalue weighted by Gasteiger charge is 2.30. The van der Waals surface area contributed by atoms with E-state index in [2.05, 4.69) is 24.1 Å². The number of likely N-dealkylation sites (tertiary alicyclic amines) is 1. The van der Waals surface area contributed by atoms with E-state index in [4.69, 9.17) is 5.11 Å². The third-order valence-corrected chi connectivity index (χ3v) is 4.29. The van der Waals surface area contributed by atoms with Crippen LogP contribution in [0.3, 0.4) is 0 Å². The summed E-state index contributed by atoms with van der Waals surface area (Å²) in [6.07, 6.45) is 6.98. The van der Waals surface area contributed by atoms with E-state index in [1.54, 1.807) is 0 Å². The van der Waals surface area contributed by atoms with Crippen LogP contribution in [-0.4, -0.2) is 36.1 Å². The number of unbranched alkanes of at least 4 members (excludes halogenated alkanes) is 1. The van der Waals surface area contributed by atoms with Gasteiger partial charge in [-0.1, -0.05) is 24.3 Å². The zero-order valence-corrected chi connectivity index (χ0v) is 13.0. The van der Waals surface area contributed by atoms with Gasteiger partial charge in [0, 0.05) is 25.4 Å². The lowest BCUT2D eigenvalue weighted by Crippen LogP contribution is -2.13. The third kappa shape index (κ3) is 4.95. The Morgan fingerprint density at radius 2 is 2.05 bits per heavy atom. The number of rotatable bonds is 7. The minimum atomic E-state index is -0.734. The van der Waals surface area contributed by atoms with Crippen molar-refractivity contribution >= 4 is 5.97 Å². The predicted molar refractivity (Wildman–Crippen MR) is 85.4 cm³/mol. The first-order valence-corrected chi connectivity index (χ1v) is 7.87. The van der Waals surface area contributed by atoms with Crippen LogP contribution in [0.4, 0.5) is 4.39 Å². The van der Waals surface area contributed by atoms with Gasteiger partial charge in [-0.15, -0.1) is 0 Å². The summed E-state index contributed by atoms with van der Waals surface area (Å²) in [6.45, 7) is 2.05. The van der Waals surface area contributed by atoms with Gasteiger partial charge in [0.15, 0.2) is 0 Å². The molecular formula is C18H24FNO2. The quantitative estimate of drug-likeness (QED) is 0.617. The van der Waals surface area contributed by atoms with E-state index in [1.165, 1.54) is 17.7 Å². The zero-order chi connectivity index (χ0) is 15.9. The van der Waals surface area contributed by atoms with E-state index in [9.17, 15) is 9.18 Å². The van der Waals surface area contributed by atoms with Gasteiger partial charge >= 0.3 is 5.97 Å². The van der Waals surface area contributed by atoms with Gasteiger partial charge in [0.05, 0.1) is 0 Å². The van der Waals surface area contributed by atoms with E-state index < -0.39 is 5.97 Å². The largest absolute Gasteiger partial charge is 0.481 e. The van der Waals surface area contributed by atoms with Crippen LogP contribution in [-0.2, 0) is 4.79 Å². The highest BCUT2D eigenvalue weighted by atomic mass is 19.1. The lowest BCUT2D eigenvalue weighted by molar-refractivity contribution is -0.137. The average Bonchev–Trinajstić information content (AvgIpc) is 2.84. The molecule has 0 radical (unpaired) electrons. The lowest BCUT2D eigenvalue weighted by atomic mass is 9.86. The summed E-state index contributed by atoms with van der Waals surface area (Å²) in [7, 11) is 2.12. The molecule has 1 N–H and O–H groups in total. The fraction of sp³-hybridized carbons (Fsp3) is 0.500. The number of halogens is 1. The van der Waals surface area contributed by atoms with E-state index in [-0.39, 0.29) is 12.2 Å². The van der Waals surface area contributed by atoms with Crippen LogP contribution in [0, 0.1) is 11.7 Å². The number of benzene rings is 1. The SMILES string of the molecule is CN1C[C@H](C/C=C\CCCC(=O)O)[C@@H](c2ccc(F)cc2)C1. The second-order valence-electron chi connectivity index (χ2n) is 6.13. The molecule has 0 bridgehead atoms. The minimum absolute atomic E-state index is 0.190. The van der Waals surface area contributed by atoms with E-state index >= 15 is 0 Å². The predicted octanol–water partition coefficient (Wildman–Crippen LogP) is 3.67. The molecule has 1 aromatic carbocycles. The minimum Gasteiger partial charge on any atom is -0.481 e. The topological polar surface area (TPSA) is 40.5 Å². The van der Waals surface area contributed by atoms with Crippen molar-refractivity contribution < 1.29 is 14.3 Å². The molecule has 1 aromatic rings. The maximum absolute atomic E-state index is 13.1. The molecule has 3 nitrogen and oxygen atoms in total. The molecule has 1 saturated heterocycles. The normalized spacial score (nSPS) is 22.5. The molecule has 0 aromatic heterocycles. The number of hydrogen-bond acceptors (Lipinski definition) is 2. The molecule has 2 rings (SSSR count). The molecule has 2 atom stereocenters. The first-order chi connectivity index (χ1) is 10.6. The molecule has 4 heteroatoms. The van der Waals surface area contributed by atoms with Gasteiger partial charge in [-0.2, -0.15) is 0 Å². The van der Waals surface area contributed by atoms with Gasteiger partial charge in [-0.05, 0) is 49.9 Å². The molecule has 1 aliphatic rings. The molecule has 0 unspecified atom stereocenters.